The molecule has 1 unspecified atom stereocenters. The van der Waals surface area contributed by atoms with Crippen molar-refractivity contribution in [2.45, 2.75) is 19.8 Å². The number of aliphatic hydroxyl groups excluding tert-OH is 1. The molecule has 1 atom stereocenters. The van der Waals surface area contributed by atoms with Gasteiger partial charge in [0.25, 0.3) is 0 Å². The van der Waals surface area contributed by atoms with E-state index in [0.717, 1.165) is 37.2 Å². The first kappa shape index (κ1) is 15.3. The van der Waals surface area contributed by atoms with Crippen LogP contribution in [0.15, 0.2) is 18.2 Å². The first-order valence-corrected chi connectivity index (χ1v) is 7.35. The van der Waals surface area contributed by atoms with Gasteiger partial charge in [0.1, 0.15) is 0 Å². The number of carbonyl (C=O) groups excluding carboxylic acids is 1. The minimum absolute atomic E-state index is 0.0189. The highest BCUT2D eigenvalue weighted by Crippen LogP contribution is 2.21. The number of benzene rings is 1. The largest absolute Gasteiger partial charge is 0.396 e. The van der Waals surface area contributed by atoms with Gasteiger partial charge in [-0.15, -0.1) is 0 Å². The van der Waals surface area contributed by atoms with Gasteiger partial charge in [0.15, 0.2) is 0 Å². The van der Waals surface area contributed by atoms with E-state index < -0.39 is 0 Å². The lowest BCUT2D eigenvalue weighted by Crippen LogP contribution is -2.31. The Balaban J connectivity index is 1.82. The number of hydrogen-bond acceptors (Lipinski definition) is 3. The van der Waals surface area contributed by atoms with Crippen LogP contribution in [0.25, 0.3) is 0 Å². The zero-order valence-corrected chi connectivity index (χ0v) is 12.5. The number of amides is 1. The molecule has 0 saturated carbocycles. The second kappa shape index (κ2) is 7.07. The summed E-state index contributed by atoms with van der Waals surface area (Å²) in [6.07, 6.45) is 1.88. The molecule has 2 rings (SSSR count). The maximum Gasteiger partial charge on any atom is 0.238 e. The lowest BCUT2D eigenvalue weighted by Gasteiger charge is -2.15. The van der Waals surface area contributed by atoms with Gasteiger partial charge in [-0.05, 0) is 49.9 Å². The zero-order valence-electron chi connectivity index (χ0n) is 11.7. The van der Waals surface area contributed by atoms with Gasteiger partial charge in [-0.25, -0.2) is 0 Å². The maximum absolute atomic E-state index is 12.0. The van der Waals surface area contributed by atoms with Crippen LogP contribution in [0.5, 0.6) is 0 Å². The summed E-state index contributed by atoms with van der Waals surface area (Å²) in [4.78, 5) is 14.1. The van der Waals surface area contributed by atoms with Crippen molar-refractivity contribution >= 4 is 23.2 Å². The van der Waals surface area contributed by atoms with Crippen molar-refractivity contribution in [3.05, 3.63) is 28.8 Å². The van der Waals surface area contributed by atoms with Crippen molar-refractivity contribution in [1.29, 1.82) is 0 Å². The van der Waals surface area contributed by atoms with E-state index in [0.29, 0.717) is 17.5 Å². The predicted octanol–water partition coefficient (Wildman–Crippen LogP) is 2.29. The monoisotopic (exact) mass is 296 g/mol. The van der Waals surface area contributed by atoms with Gasteiger partial charge in [-0.3, -0.25) is 9.69 Å². The van der Waals surface area contributed by atoms with E-state index >= 15 is 0 Å². The quantitative estimate of drug-likeness (QED) is 0.876. The molecule has 20 heavy (non-hydrogen) atoms. The molecule has 0 bridgehead atoms. The minimum Gasteiger partial charge on any atom is -0.396 e. The van der Waals surface area contributed by atoms with Crippen LogP contribution >= 0.6 is 11.6 Å². The Bertz CT molecular complexity index is 479. The van der Waals surface area contributed by atoms with Crippen LogP contribution in [0.2, 0.25) is 5.02 Å². The summed E-state index contributed by atoms with van der Waals surface area (Å²) in [5.41, 5.74) is 1.73. The Morgan fingerprint density at radius 1 is 1.55 bits per heavy atom. The van der Waals surface area contributed by atoms with Crippen LogP contribution in [-0.2, 0) is 4.79 Å². The number of likely N-dealkylation sites (tertiary alicyclic amines) is 1. The highest BCUT2D eigenvalue weighted by molar-refractivity contribution is 6.31. The molecular weight excluding hydrogens is 276 g/mol. The van der Waals surface area contributed by atoms with Crippen LogP contribution in [0.3, 0.4) is 0 Å². The summed E-state index contributed by atoms with van der Waals surface area (Å²) < 4.78 is 0. The van der Waals surface area contributed by atoms with E-state index in [9.17, 15) is 4.79 Å². The minimum atomic E-state index is -0.0189. The fraction of sp³-hybridized carbons (Fsp3) is 0.533. The smallest absolute Gasteiger partial charge is 0.238 e. The van der Waals surface area contributed by atoms with Crippen LogP contribution in [0.4, 0.5) is 5.69 Å². The molecule has 1 aliphatic rings. The van der Waals surface area contributed by atoms with E-state index in [4.69, 9.17) is 16.7 Å². The van der Waals surface area contributed by atoms with E-state index in [1.165, 1.54) is 0 Å². The fourth-order valence-electron chi connectivity index (χ4n) is 2.55. The van der Waals surface area contributed by atoms with Gasteiger partial charge in [0.2, 0.25) is 5.91 Å². The Labute approximate surface area is 124 Å². The second-order valence-electron chi connectivity index (χ2n) is 5.41. The Hall–Kier alpha value is -1.10. The first-order chi connectivity index (χ1) is 9.58. The summed E-state index contributed by atoms with van der Waals surface area (Å²) in [7, 11) is 0. The van der Waals surface area contributed by atoms with E-state index in [1.807, 2.05) is 19.1 Å². The molecule has 0 spiro atoms. The molecule has 0 aromatic heterocycles. The van der Waals surface area contributed by atoms with E-state index in [-0.39, 0.29) is 12.5 Å². The van der Waals surface area contributed by atoms with E-state index in [2.05, 4.69) is 10.2 Å². The molecule has 1 amide bonds. The number of nitrogens with one attached hydrogen (secondary N) is 1. The second-order valence-corrected chi connectivity index (χ2v) is 5.82. The molecule has 0 radical (unpaired) electrons. The van der Waals surface area contributed by atoms with Crippen LogP contribution < -0.4 is 5.32 Å². The summed E-state index contributed by atoms with van der Waals surface area (Å²) >= 11 is 6.04. The van der Waals surface area contributed by atoms with Gasteiger partial charge in [0.05, 0.1) is 6.54 Å². The van der Waals surface area contributed by atoms with Crippen molar-refractivity contribution < 1.29 is 9.90 Å². The molecule has 1 saturated heterocycles. The highest BCUT2D eigenvalue weighted by atomic mass is 35.5. The molecule has 5 heteroatoms. The number of halogens is 1. The summed E-state index contributed by atoms with van der Waals surface area (Å²) in [6.45, 7) is 4.37. The number of aryl methyl sites for hydroxylation is 1. The van der Waals surface area contributed by atoms with Gasteiger partial charge in [0, 0.05) is 23.9 Å². The Morgan fingerprint density at radius 3 is 3.05 bits per heavy atom. The molecular formula is C15H21ClN2O2. The summed E-state index contributed by atoms with van der Waals surface area (Å²) in [5.74, 6) is 0.496. The van der Waals surface area contributed by atoms with Crippen molar-refractivity contribution in [2.75, 3.05) is 31.6 Å². The maximum atomic E-state index is 12.0. The van der Waals surface area contributed by atoms with Crippen molar-refractivity contribution in [2.24, 2.45) is 5.92 Å². The normalized spacial score (nSPS) is 19.2. The zero-order chi connectivity index (χ0) is 14.5. The Kier molecular flexibility index (Phi) is 5.40. The molecule has 110 valence electrons. The third kappa shape index (κ3) is 4.20. The van der Waals surface area contributed by atoms with Crippen LogP contribution in [-0.4, -0.2) is 42.2 Å². The van der Waals surface area contributed by atoms with Crippen LogP contribution in [0, 0.1) is 12.8 Å². The summed E-state index contributed by atoms with van der Waals surface area (Å²) in [5, 5.41) is 12.5. The van der Waals surface area contributed by atoms with Crippen molar-refractivity contribution in [1.82, 2.24) is 4.90 Å². The number of carbonyl (C=O) groups is 1. The lowest BCUT2D eigenvalue weighted by atomic mass is 10.1. The topological polar surface area (TPSA) is 52.6 Å². The molecule has 1 aromatic rings. The molecule has 4 nitrogen and oxygen atoms in total. The van der Waals surface area contributed by atoms with Gasteiger partial charge < -0.3 is 10.4 Å². The Morgan fingerprint density at radius 2 is 2.35 bits per heavy atom. The van der Waals surface area contributed by atoms with Crippen molar-refractivity contribution in [3.8, 4) is 0 Å². The third-order valence-corrected chi connectivity index (χ3v) is 4.14. The number of nitrogens with zero attached hydrogens (tertiary/aromatic N) is 1. The predicted molar refractivity (Wildman–Crippen MR) is 81.1 cm³/mol. The number of anilines is 1. The van der Waals surface area contributed by atoms with Gasteiger partial charge in [-0.2, -0.15) is 0 Å². The number of hydrogen-bond donors (Lipinski definition) is 2. The summed E-state index contributed by atoms with van der Waals surface area (Å²) in [6, 6.07) is 5.52. The van der Waals surface area contributed by atoms with Crippen LogP contribution in [0.1, 0.15) is 18.4 Å². The fourth-order valence-corrected chi connectivity index (χ4v) is 2.73. The molecule has 0 aliphatic carbocycles. The molecule has 1 aliphatic heterocycles. The first-order valence-electron chi connectivity index (χ1n) is 6.97. The average Bonchev–Trinajstić information content (AvgIpc) is 2.81. The standard InChI is InChI=1S/C15H21ClN2O2/c1-11-2-3-13(8-14(11)16)17-15(20)10-18-6-4-12(9-18)5-7-19/h2-3,8,12,19H,4-7,9-10H2,1H3,(H,17,20). The average molecular weight is 297 g/mol. The SMILES string of the molecule is Cc1ccc(NC(=O)CN2CCC(CCO)C2)cc1Cl. The number of rotatable bonds is 5. The number of aliphatic hydroxyl groups is 1. The lowest BCUT2D eigenvalue weighted by molar-refractivity contribution is -0.117. The molecule has 1 fully saturated rings. The van der Waals surface area contributed by atoms with Gasteiger partial charge >= 0.3 is 0 Å². The van der Waals surface area contributed by atoms with Crippen molar-refractivity contribution in [3.63, 3.8) is 0 Å². The third-order valence-electron chi connectivity index (χ3n) is 3.73. The molecule has 2 N–H and O–H groups in total. The van der Waals surface area contributed by atoms with Gasteiger partial charge in [-0.1, -0.05) is 17.7 Å². The highest BCUT2D eigenvalue weighted by Gasteiger charge is 2.23. The molecule has 1 heterocycles. The molecule has 1 aromatic carbocycles. The van der Waals surface area contributed by atoms with E-state index in [1.54, 1.807) is 6.07 Å².